The van der Waals surface area contributed by atoms with Crippen molar-refractivity contribution >= 4 is 23.7 Å². The number of rotatable bonds is 15. The van der Waals surface area contributed by atoms with Crippen molar-refractivity contribution in [3.63, 3.8) is 0 Å². The molecule has 3 amide bonds. The fraction of sp³-hybridized carbons (Fsp3) is 0.800. The van der Waals surface area contributed by atoms with Gasteiger partial charge in [-0.3, -0.25) is 14.4 Å². The van der Waals surface area contributed by atoms with Gasteiger partial charge in [-0.05, 0) is 45.6 Å². The minimum atomic E-state index is -1.63. The zero-order chi connectivity index (χ0) is 25.0. The van der Waals surface area contributed by atoms with Crippen LogP contribution in [0.1, 0.15) is 53.4 Å². The molecule has 0 aliphatic carbocycles. The standard InChI is InChI=1S/C20H39N5O7/c1-5-10(2)14(22)18(29)23-13(8-6-7-9-21)17(28)24-15(11(3)26)19(30)25-16(12(4)27)20(31)32/h10-16,26-27H,5-9,21-22H2,1-4H3,(H,23,29)(H,24,28)(H,25,30)(H,31,32). The molecule has 0 bridgehead atoms. The third-order valence-corrected chi connectivity index (χ3v) is 5.25. The number of hydrogen-bond acceptors (Lipinski definition) is 8. The predicted octanol–water partition coefficient (Wildman–Crippen LogP) is -2.21. The van der Waals surface area contributed by atoms with Gasteiger partial charge in [-0.15, -0.1) is 0 Å². The van der Waals surface area contributed by atoms with Crippen molar-refractivity contribution in [3.8, 4) is 0 Å². The molecule has 10 N–H and O–H groups in total. The number of carboxylic acid groups (broad SMARTS) is 1. The number of nitrogens with two attached hydrogens (primary N) is 2. The predicted molar refractivity (Wildman–Crippen MR) is 117 cm³/mol. The van der Waals surface area contributed by atoms with Crippen LogP contribution in [0.3, 0.4) is 0 Å². The van der Waals surface area contributed by atoms with E-state index >= 15 is 0 Å². The van der Waals surface area contributed by atoms with Crippen LogP contribution < -0.4 is 27.4 Å². The van der Waals surface area contributed by atoms with Gasteiger partial charge >= 0.3 is 5.97 Å². The van der Waals surface area contributed by atoms with Crippen molar-refractivity contribution in [2.24, 2.45) is 17.4 Å². The lowest BCUT2D eigenvalue weighted by Crippen LogP contribution is -2.61. The van der Waals surface area contributed by atoms with E-state index in [-0.39, 0.29) is 12.3 Å². The summed E-state index contributed by atoms with van der Waals surface area (Å²) in [7, 11) is 0. The number of carboxylic acids is 1. The first-order valence-corrected chi connectivity index (χ1v) is 10.8. The highest BCUT2D eigenvalue weighted by molar-refractivity contribution is 5.94. The average molecular weight is 462 g/mol. The van der Waals surface area contributed by atoms with E-state index in [1.54, 1.807) is 0 Å². The number of unbranched alkanes of at least 4 members (excludes halogenated alkanes) is 1. The maximum atomic E-state index is 12.9. The molecule has 0 spiro atoms. The summed E-state index contributed by atoms with van der Waals surface area (Å²) in [5, 5.41) is 35.7. The minimum absolute atomic E-state index is 0.118. The summed E-state index contributed by atoms with van der Waals surface area (Å²) < 4.78 is 0. The Morgan fingerprint density at radius 3 is 1.81 bits per heavy atom. The van der Waals surface area contributed by atoms with Crippen molar-refractivity contribution in [1.82, 2.24) is 16.0 Å². The summed E-state index contributed by atoms with van der Waals surface area (Å²) in [6, 6.07) is -5.01. The first-order valence-electron chi connectivity index (χ1n) is 10.8. The zero-order valence-electron chi connectivity index (χ0n) is 19.2. The number of carbonyl (C=O) groups is 4. The van der Waals surface area contributed by atoms with E-state index in [2.05, 4.69) is 16.0 Å². The lowest BCUT2D eigenvalue weighted by atomic mass is 9.98. The van der Waals surface area contributed by atoms with E-state index in [9.17, 15) is 29.4 Å². The molecule has 0 aliphatic heterocycles. The summed E-state index contributed by atoms with van der Waals surface area (Å²) >= 11 is 0. The molecule has 0 aliphatic rings. The normalized spacial score (nSPS) is 17.8. The number of amides is 3. The molecule has 186 valence electrons. The molecule has 7 unspecified atom stereocenters. The minimum Gasteiger partial charge on any atom is -0.480 e. The molecule has 0 aromatic heterocycles. The highest BCUT2D eigenvalue weighted by Gasteiger charge is 2.34. The highest BCUT2D eigenvalue weighted by Crippen LogP contribution is 2.08. The van der Waals surface area contributed by atoms with Gasteiger partial charge in [0.15, 0.2) is 6.04 Å². The Bertz CT molecular complexity index is 629. The van der Waals surface area contributed by atoms with Crippen LogP contribution >= 0.6 is 0 Å². The molecule has 12 heteroatoms. The Balaban J connectivity index is 5.45. The molecule has 0 aromatic rings. The van der Waals surface area contributed by atoms with Crippen molar-refractivity contribution in [2.75, 3.05) is 6.54 Å². The summed E-state index contributed by atoms with van der Waals surface area (Å²) in [5.74, 6) is -3.85. The second-order valence-electron chi connectivity index (χ2n) is 8.05. The van der Waals surface area contributed by atoms with E-state index in [0.29, 0.717) is 25.8 Å². The number of aliphatic hydroxyl groups is 2. The van der Waals surface area contributed by atoms with E-state index in [0.717, 1.165) is 0 Å². The van der Waals surface area contributed by atoms with Crippen molar-refractivity contribution in [2.45, 2.75) is 89.8 Å². The van der Waals surface area contributed by atoms with Crippen LogP contribution in [0.2, 0.25) is 0 Å². The Morgan fingerprint density at radius 2 is 1.38 bits per heavy atom. The second kappa shape index (κ2) is 14.7. The quantitative estimate of drug-likeness (QED) is 0.124. The fourth-order valence-corrected chi connectivity index (χ4v) is 2.83. The number of carbonyl (C=O) groups excluding carboxylic acids is 3. The fourth-order valence-electron chi connectivity index (χ4n) is 2.83. The molecule has 0 saturated heterocycles. The Labute approximate surface area is 188 Å². The van der Waals surface area contributed by atoms with E-state index in [4.69, 9.17) is 16.6 Å². The van der Waals surface area contributed by atoms with E-state index in [1.807, 2.05) is 13.8 Å². The third-order valence-electron chi connectivity index (χ3n) is 5.25. The molecule has 0 heterocycles. The van der Waals surface area contributed by atoms with Crippen molar-refractivity contribution < 1.29 is 34.5 Å². The van der Waals surface area contributed by atoms with Crippen LogP contribution in [0.15, 0.2) is 0 Å². The molecular formula is C20H39N5O7. The van der Waals surface area contributed by atoms with E-state index < -0.39 is 60.1 Å². The van der Waals surface area contributed by atoms with Gasteiger partial charge in [-0.25, -0.2) is 4.79 Å². The largest absolute Gasteiger partial charge is 0.480 e. The molecular weight excluding hydrogens is 422 g/mol. The molecule has 12 nitrogen and oxygen atoms in total. The van der Waals surface area contributed by atoms with Crippen LogP contribution in [0.25, 0.3) is 0 Å². The Hall–Kier alpha value is -2.28. The lowest BCUT2D eigenvalue weighted by Gasteiger charge is -2.27. The first kappa shape index (κ1) is 29.7. The van der Waals surface area contributed by atoms with Crippen LogP contribution in [-0.2, 0) is 19.2 Å². The van der Waals surface area contributed by atoms with Crippen molar-refractivity contribution in [1.29, 1.82) is 0 Å². The van der Waals surface area contributed by atoms with Gasteiger partial charge in [-0.2, -0.15) is 0 Å². The summed E-state index contributed by atoms with van der Waals surface area (Å²) in [6.07, 6.45) is -0.788. The number of hydrogen-bond donors (Lipinski definition) is 8. The van der Waals surface area contributed by atoms with Crippen molar-refractivity contribution in [3.05, 3.63) is 0 Å². The lowest BCUT2D eigenvalue weighted by molar-refractivity contribution is -0.146. The molecule has 32 heavy (non-hydrogen) atoms. The van der Waals surface area contributed by atoms with Crippen LogP contribution in [0, 0.1) is 5.92 Å². The summed E-state index contributed by atoms with van der Waals surface area (Å²) in [5.41, 5.74) is 11.4. The summed E-state index contributed by atoms with van der Waals surface area (Å²) in [4.78, 5) is 49.0. The molecule has 0 saturated carbocycles. The molecule has 7 atom stereocenters. The highest BCUT2D eigenvalue weighted by atomic mass is 16.4. The molecule has 0 radical (unpaired) electrons. The smallest absolute Gasteiger partial charge is 0.328 e. The van der Waals surface area contributed by atoms with E-state index in [1.165, 1.54) is 13.8 Å². The maximum absolute atomic E-state index is 12.9. The third kappa shape index (κ3) is 9.90. The molecule has 0 rings (SSSR count). The Morgan fingerprint density at radius 1 is 0.844 bits per heavy atom. The van der Waals surface area contributed by atoms with Crippen LogP contribution in [0.5, 0.6) is 0 Å². The SMILES string of the molecule is CCC(C)C(N)C(=O)NC(CCCCN)C(=O)NC(C(=O)NC(C(=O)O)C(C)O)C(C)O. The van der Waals surface area contributed by atoms with Gasteiger partial charge in [-0.1, -0.05) is 20.3 Å². The van der Waals surface area contributed by atoms with Gasteiger partial charge in [0, 0.05) is 0 Å². The summed E-state index contributed by atoms with van der Waals surface area (Å²) in [6.45, 7) is 6.50. The first-order chi connectivity index (χ1) is 14.9. The average Bonchev–Trinajstić information content (AvgIpc) is 2.72. The number of aliphatic hydroxyl groups excluding tert-OH is 2. The number of nitrogens with one attached hydrogen (secondary N) is 3. The maximum Gasteiger partial charge on any atom is 0.328 e. The van der Waals surface area contributed by atoms with Gasteiger partial charge in [0.25, 0.3) is 0 Å². The molecule has 0 aromatic carbocycles. The van der Waals surface area contributed by atoms with Gasteiger partial charge in [0.2, 0.25) is 17.7 Å². The number of aliphatic carboxylic acids is 1. The molecule has 0 fully saturated rings. The van der Waals surface area contributed by atoms with Crippen LogP contribution in [0.4, 0.5) is 0 Å². The van der Waals surface area contributed by atoms with Gasteiger partial charge < -0.3 is 42.7 Å². The van der Waals surface area contributed by atoms with Gasteiger partial charge in [0.1, 0.15) is 12.1 Å². The van der Waals surface area contributed by atoms with Gasteiger partial charge in [0.05, 0.1) is 18.2 Å². The van der Waals surface area contributed by atoms with Crippen LogP contribution in [-0.4, -0.2) is 81.9 Å². The Kier molecular flexibility index (Phi) is 13.7. The monoisotopic (exact) mass is 461 g/mol. The second-order valence-corrected chi connectivity index (χ2v) is 8.05. The zero-order valence-corrected chi connectivity index (χ0v) is 19.2. The topological polar surface area (TPSA) is 217 Å².